The molecular weight excluding hydrogens is 500 g/mol. The Morgan fingerprint density at radius 3 is 1.69 bits per heavy atom. The first-order valence-corrected chi connectivity index (χ1v) is 14.3. The van der Waals surface area contributed by atoms with Gasteiger partial charge < -0.3 is 33.5 Å². The zero-order valence-electron chi connectivity index (χ0n) is 23.2. The van der Waals surface area contributed by atoms with Crippen molar-refractivity contribution in [3.63, 3.8) is 0 Å². The van der Waals surface area contributed by atoms with Gasteiger partial charge in [0.05, 0.1) is 13.2 Å². The minimum atomic E-state index is -0.974. The third kappa shape index (κ3) is 11.8. The molecule has 1 N–H and O–H groups in total. The van der Waals surface area contributed by atoms with E-state index in [-0.39, 0.29) is 13.2 Å². The lowest BCUT2D eigenvalue weighted by atomic mass is 10.1. The molecule has 1 heterocycles. The van der Waals surface area contributed by atoms with Crippen LogP contribution >= 0.6 is 0 Å². The highest BCUT2D eigenvalue weighted by atomic mass is 16.6. The van der Waals surface area contributed by atoms with Crippen molar-refractivity contribution in [2.75, 3.05) is 39.6 Å². The van der Waals surface area contributed by atoms with Gasteiger partial charge in [-0.2, -0.15) is 0 Å². The SMILES string of the molecule is CCCCCCCCCCC(OC1COc2ccccc2OCCOCCOc2ccccc2OC1)C(=O)O. The number of rotatable bonds is 12. The number of ether oxygens (including phenoxy) is 6. The summed E-state index contributed by atoms with van der Waals surface area (Å²) in [6.07, 6.45) is 8.01. The zero-order chi connectivity index (χ0) is 27.5. The summed E-state index contributed by atoms with van der Waals surface area (Å²) in [5.41, 5.74) is 0. The predicted molar refractivity (Wildman–Crippen MR) is 149 cm³/mol. The van der Waals surface area contributed by atoms with Gasteiger partial charge in [-0.15, -0.1) is 0 Å². The fourth-order valence-electron chi connectivity index (χ4n) is 4.34. The Kier molecular flexibility index (Phi) is 14.4. The van der Waals surface area contributed by atoms with Gasteiger partial charge in [0.25, 0.3) is 0 Å². The second-order valence-corrected chi connectivity index (χ2v) is 9.67. The molecule has 216 valence electrons. The lowest BCUT2D eigenvalue weighted by Gasteiger charge is -2.24. The standard InChI is InChI=1S/C31H44O8/c1-2-3-4-5-6-7-8-9-18-30(31(32)33)39-25-23-37-28-16-12-10-14-26(28)35-21-19-34-20-22-36-27-15-11-13-17-29(27)38-24-25/h10-17,25,30H,2-9,18-24H2,1H3,(H,32,33). The number of hydrogen-bond acceptors (Lipinski definition) is 7. The van der Waals surface area contributed by atoms with Gasteiger partial charge in [-0.25, -0.2) is 4.79 Å². The van der Waals surface area contributed by atoms with E-state index in [4.69, 9.17) is 28.4 Å². The monoisotopic (exact) mass is 544 g/mol. The molecule has 8 heteroatoms. The van der Waals surface area contributed by atoms with E-state index >= 15 is 0 Å². The Hall–Kier alpha value is -2.97. The lowest BCUT2D eigenvalue weighted by molar-refractivity contribution is -0.157. The number of para-hydroxylation sites is 4. The molecule has 0 spiro atoms. The molecule has 0 saturated heterocycles. The quantitative estimate of drug-likeness (QED) is 0.311. The summed E-state index contributed by atoms with van der Waals surface area (Å²) in [6.45, 7) is 3.94. The third-order valence-electron chi connectivity index (χ3n) is 6.47. The summed E-state index contributed by atoms with van der Waals surface area (Å²) < 4.78 is 35.5. The van der Waals surface area contributed by atoms with Crippen LogP contribution in [0.5, 0.6) is 23.0 Å². The highest BCUT2D eigenvalue weighted by molar-refractivity contribution is 5.72. The zero-order valence-corrected chi connectivity index (χ0v) is 23.2. The first-order valence-electron chi connectivity index (χ1n) is 14.3. The van der Waals surface area contributed by atoms with Gasteiger partial charge in [-0.05, 0) is 30.7 Å². The molecule has 0 fully saturated rings. The minimum Gasteiger partial charge on any atom is -0.487 e. The molecule has 0 radical (unpaired) electrons. The highest BCUT2D eigenvalue weighted by Gasteiger charge is 2.25. The van der Waals surface area contributed by atoms with Crippen molar-refractivity contribution in [1.29, 1.82) is 0 Å². The smallest absolute Gasteiger partial charge is 0.332 e. The lowest BCUT2D eigenvalue weighted by Crippen LogP contribution is -2.36. The summed E-state index contributed by atoms with van der Waals surface area (Å²) in [4.78, 5) is 12.1. The molecule has 0 bridgehead atoms. The second kappa shape index (κ2) is 18.3. The maximum Gasteiger partial charge on any atom is 0.332 e. The Labute approximate surface area is 232 Å². The maximum absolute atomic E-state index is 12.1. The molecule has 39 heavy (non-hydrogen) atoms. The van der Waals surface area contributed by atoms with Crippen LogP contribution < -0.4 is 18.9 Å². The molecule has 1 unspecified atom stereocenters. The Balaban J connectivity index is 1.64. The van der Waals surface area contributed by atoms with E-state index < -0.39 is 18.2 Å². The number of carboxylic acids is 1. The second-order valence-electron chi connectivity index (χ2n) is 9.67. The first kappa shape index (κ1) is 30.6. The molecule has 3 rings (SSSR count). The van der Waals surface area contributed by atoms with Gasteiger partial charge in [-0.3, -0.25) is 0 Å². The highest BCUT2D eigenvalue weighted by Crippen LogP contribution is 2.29. The molecule has 0 saturated carbocycles. The number of benzene rings is 2. The van der Waals surface area contributed by atoms with E-state index in [1.165, 1.54) is 32.1 Å². The molecule has 2 aromatic rings. The fourth-order valence-corrected chi connectivity index (χ4v) is 4.34. The van der Waals surface area contributed by atoms with Crippen LogP contribution in [0.25, 0.3) is 0 Å². The summed E-state index contributed by atoms with van der Waals surface area (Å²) in [5.74, 6) is 1.30. The summed E-state index contributed by atoms with van der Waals surface area (Å²) in [7, 11) is 0. The van der Waals surface area contributed by atoms with Crippen LogP contribution in [0.15, 0.2) is 48.5 Å². The predicted octanol–water partition coefficient (Wildman–Crippen LogP) is 6.30. The van der Waals surface area contributed by atoms with Gasteiger partial charge in [0, 0.05) is 0 Å². The number of carboxylic acid groups (broad SMARTS) is 1. The molecule has 2 aromatic carbocycles. The van der Waals surface area contributed by atoms with E-state index in [2.05, 4.69) is 6.92 Å². The van der Waals surface area contributed by atoms with E-state index in [9.17, 15) is 9.90 Å². The van der Waals surface area contributed by atoms with Gasteiger partial charge >= 0.3 is 5.97 Å². The number of unbranched alkanes of at least 4 members (excludes halogenated alkanes) is 7. The van der Waals surface area contributed by atoms with E-state index in [1.54, 1.807) is 0 Å². The summed E-state index contributed by atoms with van der Waals surface area (Å²) in [6, 6.07) is 14.7. The van der Waals surface area contributed by atoms with Gasteiger partial charge in [-0.1, -0.05) is 82.6 Å². The molecule has 1 aliphatic heterocycles. The van der Waals surface area contributed by atoms with Crippen LogP contribution in [0, 0.1) is 0 Å². The molecule has 8 nitrogen and oxygen atoms in total. The largest absolute Gasteiger partial charge is 0.487 e. The molecule has 0 amide bonds. The van der Waals surface area contributed by atoms with Crippen molar-refractivity contribution in [2.24, 2.45) is 0 Å². The van der Waals surface area contributed by atoms with Crippen LogP contribution in [0.3, 0.4) is 0 Å². The molecule has 1 aliphatic rings. The number of hydrogen-bond donors (Lipinski definition) is 1. The number of fused-ring (bicyclic) bond motifs is 2. The minimum absolute atomic E-state index is 0.0983. The van der Waals surface area contributed by atoms with Crippen LogP contribution in [0.4, 0.5) is 0 Å². The normalized spacial score (nSPS) is 15.9. The van der Waals surface area contributed by atoms with Crippen molar-refractivity contribution in [3.8, 4) is 23.0 Å². The maximum atomic E-state index is 12.1. The number of carbonyl (C=O) groups is 1. The average molecular weight is 545 g/mol. The third-order valence-corrected chi connectivity index (χ3v) is 6.47. The van der Waals surface area contributed by atoms with E-state index in [0.29, 0.717) is 55.8 Å². The van der Waals surface area contributed by atoms with Crippen LogP contribution in [-0.2, 0) is 14.3 Å². The van der Waals surface area contributed by atoms with Crippen LogP contribution in [0.2, 0.25) is 0 Å². The Morgan fingerprint density at radius 1 is 0.744 bits per heavy atom. The average Bonchev–Trinajstić information content (AvgIpc) is 2.94. The fraction of sp³-hybridized carbons (Fsp3) is 0.581. The molecule has 0 aromatic heterocycles. The van der Waals surface area contributed by atoms with E-state index in [0.717, 1.165) is 19.3 Å². The van der Waals surface area contributed by atoms with Crippen LogP contribution in [-0.4, -0.2) is 62.9 Å². The van der Waals surface area contributed by atoms with Crippen molar-refractivity contribution >= 4 is 5.97 Å². The Bertz CT molecular complexity index is 894. The molecule has 1 atom stereocenters. The van der Waals surface area contributed by atoms with Crippen LogP contribution in [0.1, 0.15) is 64.7 Å². The van der Waals surface area contributed by atoms with Gasteiger partial charge in [0.2, 0.25) is 0 Å². The van der Waals surface area contributed by atoms with Crippen molar-refractivity contribution in [1.82, 2.24) is 0 Å². The van der Waals surface area contributed by atoms with Gasteiger partial charge in [0.15, 0.2) is 29.1 Å². The molecule has 0 aliphatic carbocycles. The van der Waals surface area contributed by atoms with Crippen molar-refractivity contribution < 1.29 is 38.3 Å². The summed E-state index contributed by atoms with van der Waals surface area (Å²) >= 11 is 0. The van der Waals surface area contributed by atoms with Crippen molar-refractivity contribution in [2.45, 2.75) is 76.9 Å². The topological polar surface area (TPSA) is 92.7 Å². The number of aliphatic carboxylic acids is 1. The Morgan fingerprint density at radius 2 is 1.21 bits per heavy atom. The molecular formula is C31H44O8. The summed E-state index contributed by atoms with van der Waals surface area (Å²) in [5, 5.41) is 9.90. The van der Waals surface area contributed by atoms with Gasteiger partial charge in [0.1, 0.15) is 32.5 Å². The van der Waals surface area contributed by atoms with Crippen molar-refractivity contribution in [3.05, 3.63) is 48.5 Å². The van der Waals surface area contributed by atoms with E-state index in [1.807, 2.05) is 48.5 Å². The first-order chi connectivity index (χ1) is 19.2.